The summed E-state index contributed by atoms with van der Waals surface area (Å²) in [5.41, 5.74) is 9.24. The molecule has 122 valence electrons. The normalized spacial score (nSPS) is 13.4. The molecule has 2 unspecified atom stereocenters. The molecule has 0 aliphatic rings. The summed E-state index contributed by atoms with van der Waals surface area (Å²) < 4.78 is 4.95. The second-order valence-corrected chi connectivity index (χ2v) is 5.67. The van der Waals surface area contributed by atoms with Gasteiger partial charge in [-0.05, 0) is 23.6 Å². The molecule has 2 rings (SSSR count). The van der Waals surface area contributed by atoms with E-state index in [1.54, 1.807) is 19.1 Å². The van der Waals surface area contributed by atoms with Crippen LogP contribution in [0.4, 0.5) is 0 Å². The molecule has 0 heterocycles. The molecule has 4 nitrogen and oxygen atoms in total. The highest BCUT2D eigenvalue weighted by Gasteiger charge is 2.22. The summed E-state index contributed by atoms with van der Waals surface area (Å²) in [5.74, 6) is -0.119. The second-order valence-electron chi connectivity index (χ2n) is 5.67. The van der Waals surface area contributed by atoms with Gasteiger partial charge in [0.2, 0.25) is 5.91 Å². The Kier molecular flexibility index (Phi) is 5.90. The summed E-state index contributed by atoms with van der Waals surface area (Å²) in [6.45, 7) is 2.22. The van der Waals surface area contributed by atoms with E-state index in [0.29, 0.717) is 0 Å². The molecular weight excluding hydrogens is 288 g/mol. The molecule has 0 aliphatic heterocycles. The molecular formula is C19H24N2O2. The minimum Gasteiger partial charge on any atom is -0.383 e. The number of rotatable bonds is 6. The molecule has 4 heteroatoms. The number of carbonyl (C=O) groups excluding carboxylic acids is 1. The Balaban J connectivity index is 2.11. The van der Waals surface area contributed by atoms with Crippen LogP contribution in [0, 0.1) is 0 Å². The van der Waals surface area contributed by atoms with Gasteiger partial charge in [0.05, 0.1) is 12.6 Å². The monoisotopic (exact) mass is 312 g/mol. The summed E-state index contributed by atoms with van der Waals surface area (Å²) in [6.07, 6.45) is 0. The van der Waals surface area contributed by atoms with Crippen molar-refractivity contribution in [1.82, 2.24) is 4.90 Å². The highest BCUT2D eigenvalue weighted by atomic mass is 16.5. The molecule has 2 aromatic carbocycles. The number of methoxy groups -OCH3 is 1. The quantitative estimate of drug-likeness (QED) is 0.892. The van der Waals surface area contributed by atoms with E-state index in [1.165, 1.54) is 5.56 Å². The molecule has 0 fully saturated rings. The first-order valence-corrected chi connectivity index (χ1v) is 7.71. The van der Waals surface area contributed by atoms with E-state index < -0.39 is 6.04 Å². The summed E-state index contributed by atoms with van der Waals surface area (Å²) in [4.78, 5) is 13.9. The lowest BCUT2D eigenvalue weighted by Gasteiger charge is -2.28. The van der Waals surface area contributed by atoms with Gasteiger partial charge in [-0.2, -0.15) is 0 Å². The Morgan fingerprint density at radius 1 is 1.09 bits per heavy atom. The van der Waals surface area contributed by atoms with Crippen LogP contribution >= 0.6 is 0 Å². The Morgan fingerprint density at radius 2 is 1.65 bits per heavy atom. The van der Waals surface area contributed by atoms with Gasteiger partial charge in [0, 0.05) is 14.2 Å². The van der Waals surface area contributed by atoms with Gasteiger partial charge in [0.25, 0.3) is 0 Å². The number of hydrogen-bond donors (Lipinski definition) is 1. The number of likely N-dealkylation sites (N-methyl/N-ethyl adjacent to an activating group) is 1. The van der Waals surface area contributed by atoms with E-state index in [2.05, 4.69) is 36.4 Å². The Morgan fingerprint density at radius 3 is 2.22 bits per heavy atom. The van der Waals surface area contributed by atoms with Crippen molar-refractivity contribution in [2.24, 2.45) is 5.73 Å². The van der Waals surface area contributed by atoms with Gasteiger partial charge in [-0.1, -0.05) is 54.6 Å². The molecule has 1 amide bonds. The van der Waals surface area contributed by atoms with E-state index in [1.807, 2.05) is 25.1 Å². The molecule has 0 bridgehead atoms. The van der Waals surface area contributed by atoms with E-state index >= 15 is 0 Å². The van der Waals surface area contributed by atoms with E-state index in [9.17, 15) is 4.79 Å². The Bertz CT molecular complexity index is 626. The standard InChI is InChI=1S/C19H24N2O2/c1-14(21(2)19(22)18(20)13-23-3)15-9-11-17(12-10-15)16-7-5-4-6-8-16/h4-12,14,18H,13,20H2,1-3H3. The lowest BCUT2D eigenvalue weighted by Crippen LogP contribution is -2.45. The number of amides is 1. The predicted octanol–water partition coefficient (Wildman–Crippen LogP) is 2.85. The van der Waals surface area contributed by atoms with Crippen molar-refractivity contribution in [3.63, 3.8) is 0 Å². The molecule has 0 aliphatic carbocycles. The van der Waals surface area contributed by atoms with Gasteiger partial charge in [0.1, 0.15) is 6.04 Å². The van der Waals surface area contributed by atoms with E-state index in [0.717, 1.165) is 11.1 Å². The van der Waals surface area contributed by atoms with Crippen molar-refractivity contribution in [3.8, 4) is 11.1 Å². The number of hydrogen-bond acceptors (Lipinski definition) is 3. The van der Waals surface area contributed by atoms with Crippen molar-refractivity contribution in [2.45, 2.75) is 19.0 Å². The molecule has 0 saturated carbocycles. The van der Waals surface area contributed by atoms with Crippen LogP contribution in [-0.4, -0.2) is 37.6 Å². The van der Waals surface area contributed by atoms with Crippen LogP contribution in [0.25, 0.3) is 11.1 Å². The fourth-order valence-corrected chi connectivity index (χ4v) is 2.51. The van der Waals surface area contributed by atoms with Gasteiger partial charge in [-0.15, -0.1) is 0 Å². The molecule has 0 aromatic heterocycles. The highest BCUT2D eigenvalue weighted by molar-refractivity contribution is 5.82. The van der Waals surface area contributed by atoms with Crippen LogP contribution in [0.1, 0.15) is 18.5 Å². The van der Waals surface area contributed by atoms with Gasteiger partial charge >= 0.3 is 0 Å². The first-order valence-electron chi connectivity index (χ1n) is 7.71. The van der Waals surface area contributed by atoms with Crippen molar-refractivity contribution < 1.29 is 9.53 Å². The maximum Gasteiger partial charge on any atom is 0.242 e. The predicted molar refractivity (Wildman–Crippen MR) is 92.9 cm³/mol. The molecule has 0 spiro atoms. The summed E-state index contributed by atoms with van der Waals surface area (Å²) in [6, 6.07) is 17.8. The van der Waals surface area contributed by atoms with E-state index in [-0.39, 0.29) is 18.6 Å². The zero-order chi connectivity index (χ0) is 16.8. The minimum absolute atomic E-state index is 0.0461. The molecule has 2 aromatic rings. The van der Waals surface area contributed by atoms with E-state index in [4.69, 9.17) is 10.5 Å². The third-order valence-corrected chi connectivity index (χ3v) is 4.09. The average molecular weight is 312 g/mol. The van der Waals surface area contributed by atoms with Crippen molar-refractivity contribution >= 4 is 5.91 Å². The van der Waals surface area contributed by atoms with Gasteiger partial charge < -0.3 is 15.4 Å². The van der Waals surface area contributed by atoms with Crippen molar-refractivity contribution in [2.75, 3.05) is 20.8 Å². The average Bonchev–Trinajstić information content (AvgIpc) is 2.61. The molecule has 0 saturated heterocycles. The third kappa shape index (κ3) is 4.18. The van der Waals surface area contributed by atoms with Gasteiger partial charge in [-0.25, -0.2) is 0 Å². The topological polar surface area (TPSA) is 55.6 Å². The first kappa shape index (κ1) is 17.2. The second kappa shape index (κ2) is 7.90. The Hall–Kier alpha value is -2.17. The largest absolute Gasteiger partial charge is 0.383 e. The maximum atomic E-state index is 12.3. The third-order valence-electron chi connectivity index (χ3n) is 4.09. The number of benzene rings is 2. The highest BCUT2D eigenvalue weighted by Crippen LogP contribution is 2.24. The summed E-state index contributed by atoms with van der Waals surface area (Å²) in [7, 11) is 3.31. The summed E-state index contributed by atoms with van der Waals surface area (Å²) >= 11 is 0. The van der Waals surface area contributed by atoms with Crippen molar-refractivity contribution in [1.29, 1.82) is 0 Å². The van der Waals surface area contributed by atoms with Gasteiger partial charge in [-0.3, -0.25) is 4.79 Å². The van der Waals surface area contributed by atoms with Crippen LogP contribution in [0.2, 0.25) is 0 Å². The number of carbonyl (C=O) groups is 1. The number of nitrogens with two attached hydrogens (primary N) is 1. The smallest absolute Gasteiger partial charge is 0.242 e. The molecule has 2 atom stereocenters. The lowest BCUT2D eigenvalue weighted by molar-refractivity contribution is -0.134. The minimum atomic E-state index is -0.629. The fourth-order valence-electron chi connectivity index (χ4n) is 2.51. The van der Waals surface area contributed by atoms with Crippen LogP contribution in [-0.2, 0) is 9.53 Å². The number of nitrogens with zero attached hydrogens (tertiary/aromatic N) is 1. The zero-order valence-corrected chi connectivity index (χ0v) is 13.9. The maximum absolute atomic E-state index is 12.3. The van der Waals surface area contributed by atoms with Crippen LogP contribution in [0.15, 0.2) is 54.6 Å². The Labute approximate surface area is 137 Å². The summed E-state index contributed by atoms with van der Waals surface area (Å²) in [5, 5.41) is 0. The van der Waals surface area contributed by atoms with Crippen molar-refractivity contribution in [3.05, 3.63) is 60.2 Å². The lowest BCUT2D eigenvalue weighted by atomic mass is 10.0. The number of ether oxygens (including phenoxy) is 1. The fraction of sp³-hybridized carbons (Fsp3) is 0.316. The van der Waals surface area contributed by atoms with Crippen LogP contribution < -0.4 is 5.73 Å². The molecule has 2 N–H and O–H groups in total. The SMILES string of the molecule is COCC(N)C(=O)N(C)C(C)c1ccc(-c2ccccc2)cc1. The zero-order valence-electron chi connectivity index (χ0n) is 13.9. The van der Waals surface area contributed by atoms with Gasteiger partial charge in [0.15, 0.2) is 0 Å². The van der Waals surface area contributed by atoms with Crippen LogP contribution in [0.5, 0.6) is 0 Å². The van der Waals surface area contributed by atoms with Crippen LogP contribution in [0.3, 0.4) is 0 Å². The first-order chi connectivity index (χ1) is 11.0. The molecule has 23 heavy (non-hydrogen) atoms. The molecule has 0 radical (unpaired) electrons.